The molecule has 2 atom stereocenters. The van der Waals surface area contributed by atoms with E-state index in [0.29, 0.717) is 17.4 Å². The van der Waals surface area contributed by atoms with Crippen LogP contribution in [0.2, 0.25) is 0 Å². The highest BCUT2D eigenvalue weighted by Gasteiger charge is 2.25. The highest BCUT2D eigenvalue weighted by molar-refractivity contribution is 5.71. The molecule has 0 aliphatic rings. The molecule has 0 spiro atoms. The van der Waals surface area contributed by atoms with Crippen molar-refractivity contribution in [2.75, 3.05) is 47.5 Å². The number of unbranched alkanes of at least 4 members (excludes halogenated alkanes) is 23. The van der Waals surface area contributed by atoms with E-state index in [0.717, 1.165) is 77.0 Å². The second-order valence-electron chi connectivity index (χ2n) is 18.1. The van der Waals surface area contributed by atoms with Gasteiger partial charge in [0, 0.05) is 12.8 Å². The Morgan fingerprint density at radius 3 is 1.29 bits per heavy atom. The molecule has 0 rings (SSSR count). The van der Waals surface area contributed by atoms with E-state index < -0.39 is 24.3 Å². The molecule has 0 aromatic rings. The molecule has 9 heteroatoms. The van der Waals surface area contributed by atoms with E-state index >= 15 is 0 Å². The van der Waals surface area contributed by atoms with Crippen molar-refractivity contribution in [2.24, 2.45) is 0 Å². The predicted molar refractivity (Wildman–Crippen MR) is 258 cm³/mol. The fourth-order valence-electron chi connectivity index (χ4n) is 6.84. The zero-order chi connectivity index (χ0) is 45.6. The first kappa shape index (κ1) is 59.2. The van der Waals surface area contributed by atoms with Crippen molar-refractivity contribution < 1.29 is 42.9 Å². The summed E-state index contributed by atoms with van der Waals surface area (Å²) in [7, 11) is 5.95. The van der Waals surface area contributed by atoms with Crippen LogP contribution in [0.1, 0.15) is 213 Å². The summed E-state index contributed by atoms with van der Waals surface area (Å²) >= 11 is 0. The van der Waals surface area contributed by atoms with Gasteiger partial charge in [-0.15, -0.1) is 0 Å². The van der Waals surface area contributed by atoms with Crippen molar-refractivity contribution in [2.45, 2.75) is 225 Å². The lowest BCUT2D eigenvalue weighted by Gasteiger charge is -2.25. The maximum Gasteiger partial charge on any atom is 0.361 e. The maximum absolute atomic E-state index is 12.8. The maximum atomic E-state index is 12.8. The highest BCUT2D eigenvalue weighted by Crippen LogP contribution is 2.14. The summed E-state index contributed by atoms with van der Waals surface area (Å²) < 4.78 is 22.8. The SMILES string of the molecule is CCCCCC/C=C\C/C=C\CCCCCCCC(=O)OCC(COC(OCC[N+](C)(C)C)C(=O)O)OC(=O)CCCCCCCCCCC/C=C\C/C=C\CCCCCCC. The van der Waals surface area contributed by atoms with Gasteiger partial charge in [0.1, 0.15) is 13.2 Å². The number of carbonyl (C=O) groups excluding carboxylic acids is 2. The molecule has 0 bridgehead atoms. The molecule has 0 radical (unpaired) electrons. The number of likely N-dealkylation sites (N-methyl/N-ethyl adjacent to an activating group) is 1. The molecular formula is C53H96NO8+. The zero-order valence-electron chi connectivity index (χ0n) is 40.8. The van der Waals surface area contributed by atoms with Gasteiger partial charge in [-0.3, -0.25) is 9.59 Å². The molecule has 1 N–H and O–H groups in total. The van der Waals surface area contributed by atoms with Gasteiger partial charge in [0.25, 0.3) is 6.29 Å². The van der Waals surface area contributed by atoms with E-state index in [-0.39, 0.29) is 38.6 Å². The molecule has 0 aromatic carbocycles. The van der Waals surface area contributed by atoms with Crippen LogP contribution in [0.5, 0.6) is 0 Å². The first-order valence-corrected chi connectivity index (χ1v) is 25.3. The molecular weight excluding hydrogens is 779 g/mol. The molecule has 0 saturated heterocycles. The monoisotopic (exact) mass is 875 g/mol. The fraction of sp³-hybridized carbons (Fsp3) is 0.792. The van der Waals surface area contributed by atoms with Gasteiger partial charge in [0.2, 0.25) is 0 Å². The van der Waals surface area contributed by atoms with Crippen LogP contribution in [0.4, 0.5) is 0 Å². The van der Waals surface area contributed by atoms with E-state index in [4.69, 9.17) is 18.9 Å². The van der Waals surface area contributed by atoms with Crippen LogP contribution in [0, 0.1) is 0 Å². The molecule has 2 unspecified atom stereocenters. The number of rotatable bonds is 46. The Bertz CT molecular complexity index is 1160. The molecule has 62 heavy (non-hydrogen) atoms. The average molecular weight is 875 g/mol. The number of quaternary nitrogens is 1. The van der Waals surface area contributed by atoms with Crippen molar-refractivity contribution in [1.82, 2.24) is 0 Å². The summed E-state index contributed by atoms with van der Waals surface area (Å²) in [6.45, 7) is 4.83. The molecule has 0 saturated carbocycles. The molecule has 0 fully saturated rings. The van der Waals surface area contributed by atoms with Crippen molar-refractivity contribution in [3.63, 3.8) is 0 Å². The van der Waals surface area contributed by atoms with Crippen LogP contribution < -0.4 is 0 Å². The van der Waals surface area contributed by atoms with Gasteiger partial charge in [0.05, 0.1) is 34.4 Å². The summed E-state index contributed by atoms with van der Waals surface area (Å²) in [4.78, 5) is 37.2. The van der Waals surface area contributed by atoms with Gasteiger partial charge in [-0.25, -0.2) is 4.79 Å². The second-order valence-corrected chi connectivity index (χ2v) is 18.1. The lowest BCUT2D eigenvalue weighted by Crippen LogP contribution is -2.40. The second kappa shape index (κ2) is 44.8. The van der Waals surface area contributed by atoms with Gasteiger partial charge in [-0.05, 0) is 77.0 Å². The third-order valence-corrected chi connectivity index (χ3v) is 10.8. The Morgan fingerprint density at radius 2 is 0.871 bits per heavy atom. The molecule has 0 aliphatic carbocycles. The van der Waals surface area contributed by atoms with Crippen LogP contribution in [0.15, 0.2) is 48.6 Å². The van der Waals surface area contributed by atoms with Crippen molar-refractivity contribution >= 4 is 17.9 Å². The number of hydrogen-bond acceptors (Lipinski definition) is 7. The first-order chi connectivity index (χ1) is 30.1. The van der Waals surface area contributed by atoms with Gasteiger partial charge in [-0.2, -0.15) is 0 Å². The van der Waals surface area contributed by atoms with Gasteiger partial charge < -0.3 is 28.5 Å². The minimum atomic E-state index is -1.51. The van der Waals surface area contributed by atoms with Crippen molar-refractivity contribution in [1.29, 1.82) is 0 Å². The largest absolute Gasteiger partial charge is 0.477 e. The van der Waals surface area contributed by atoms with E-state index in [2.05, 4.69) is 62.5 Å². The fourth-order valence-corrected chi connectivity index (χ4v) is 6.84. The van der Waals surface area contributed by atoms with Gasteiger partial charge in [-0.1, -0.05) is 172 Å². The number of ether oxygens (including phenoxy) is 4. The Kier molecular flexibility index (Phi) is 42.9. The smallest absolute Gasteiger partial charge is 0.361 e. The van der Waals surface area contributed by atoms with Crippen molar-refractivity contribution in [3.8, 4) is 0 Å². The van der Waals surface area contributed by atoms with Crippen LogP contribution in [-0.2, 0) is 33.3 Å². The Labute approximate surface area is 381 Å². The molecule has 0 amide bonds. The number of hydrogen-bond donors (Lipinski definition) is 1. The predicted octanol–water partition coefficient (Wildman–Crippen LogP) is 13.9. The third kappa shape index (κ3) is 45.3. The molecule has 0 aromatic heterocycles. The summed E-state index contributed by atoms with van der Waals surface area (Å²) in [6, 6.07) is 0. The number of carboxylic acids is 1. The molecule has 360 valence electrons. The van der Waals surface area contributed by atoms with Gasteiger partial charge >= 0.3 is 17.9 Å². The van der Waals surface area contributed by atoms with E-state index in [1.54, 1.807) is 0 Å². The van der Waals surface area contributed by atoms with Crippen LogP contribution in [0.3, 0.4) is 0 Å². The zero-order valence-corrected chi connectivity index (χ0v) is 40.8. The summed E-state index contributed by atoms with van der Waals surface area (Å²) in [5, 5.41) is 9.66. The van der Waals surface area contributed by atoms with E-state index in [1.165, 1.54) is 103 Å². The summed E-state index contributed by atoms with van der Waals surface area (Å²) in [5.41, 5.74) is 0. The van der Waals surface area contributed by atoms with Crippen LogP contribution >= 0.6 is 0 Å². The Balaban J connectivity index is 4.38. The Morgan fingerprint density at radius 1 is 0.484 bits per heavy atom. The highest BCUT2D eigenvalue weighted by atomic mass is 16.7. The van der Waals surface area contributed by atoms with E-state index in [1.807, 2.05) is 21.1 Å². The first-order valence-electron chi connectivity index (χ1n) is 25.3. The number of esters is 2. The lowest BCUT2D eigenvalue weighted by molar-refractivity contribution is -0.870. The van der Waals surface area contributed by atoms with Crippen LogP contribution in [0.25, 0.3) is 0 Å². The lowest BCUT2D eigenvalue weighted by atomic mass is 10.1. The normalized spacial score (nSPS) is 13.2. The third-order valence-electron chi connectivity index (χ3n) is 10.8. The number of allylic oxidation sites excluding steroid dienone is 8. The van der Waals surface area contributed by atoms with Gasteiger partial charge in [0.15, 0.2) is 6.10 Å². The van der Waals surface area contributed by atoms with Crippen LogP contribution in [-0.4, -0.2) is 87.4 Å². The average Bonchev–Trinajstić information content (AvgIpc) is 3.23. The standard InChI is InChI=1S/C53H95NO8/c1-6-8-10-12-14-16-18-20-22-24-25-26-27-28-30-32-34-36-38-40-42-44-51(56)62-49(48-61-53(52(57)58)59-46-45-54(3,4)5)47-60-50(55)43-41-39-37-35-33-31-29-23-21-19-17-15-13-11-9-7-2/h17-20,23-25,29,49,53H,6-16,21-22,26-28,30-48H2,1-5H3/p+1/b19-17-,20-18-,25-24-,29-23-. The van der Waals surface area contributed by atoms with Crippen molar-refractivity contribution in [3.05, 3.63) is 48.6 Å². The number of carboxylic acid groups (broad SMARTS) is 1. The number of carbonyl (C=O) groups is 3. The number of aliphatic carboxylic acids is 1. The quantitative estimate of drug-likeness (QED) is 0.0212. The Hall–Kier alpha value is -2.75. The minimum absolute atomic E-state index is 0.183. The van der Waals surface area contributed by atoms with E-state index in [9.17, 15) is 19.5 Å². The molecule has 0 heterocycles. The topological polar surface area (TPSA) is 108 Å². The molecule has 9 nitrogen and oxygen atoms in total. The summed E-state index contributed by atoms with van der Waals surface area (Å²) in [6.07, 6.45) is 50.2. The summed E-state index contributed by atoms with van der Waals surface area (Å²) in [5.74, 6) is -2.03. The minimum Gasteiger partial charge on any atom is -0.477 e. The number of nitrogens with zero attached hydrogens (tertiary/aromatic N) is 1. The molecule has 0 aliphatic heterocycles.